The van der Waals surface area contributed by atoms with Crippen LogP contribution in [0, 0.1) is 11.3 Å². The summed E-state index contributed by atoms with van der Waals surface area (Å²) in [6, 6.07) is 14.9. The Morgan fingerprint density at radius 3 is 2.80 bits per heavy atom. The van der Waals surface area contributed by atoms with E-state index in [1.807, 2.05) is 24.3 Å². The van der Waals surface area contributed by atoms with Gasteiger partial charge in [0, 0.05) is 11.1 Å². The molecular formula is C15H11N5. The normalized spacial score (nSPS) is 10.2. The molecule has 2 aromatic carbocycles. The Morgan fingerprint density at radius 2 is 1.95 bits per heavy atom. The van der Waals surface area contributed by atoms with Crippen LogP contribution in [-0.2, 0) is 0 Å². The number of aromatic nitrogens is 2. The molecule has 1 heterocycles. The van der Waals surface area contributed by atoms with Gasteiger partial charge in [-0.1, -0.05) is 12.1 Å². The van der Waals surface area contributed by atoms with Crippen LogP contribution in [-0.4, -0.2) is 9.97 Å². The minimum absolute atomic E-state index is 0.565. The largest absolute Gasteiger partial charge is 0.399 e. The zero-order valence-electron chi connectivity index (χ0n) is 10.5. The molecule has 0 atom stereocenters. The van der Waals surface area contributed by atoms with Crippen LogP contribution in [0.1, 0.15) is 5.56 Å². The van der Waals surface area contributed by atoms with Crippen molar-refractivity contribution in [3.8, 4) is 6.07 Å². The Hall–Kier alpha value is -3.13. The van der Waals surface area contributed by atoms with Gasteiger partial charge in [0.05, 0.1) is 16.8 Å². The summed E-state index contributed by atoms with van der Waals surface area (Å²) in [4.78, 5) is 8.43. The van der Waals surface area contributed by atoms with Crippen LogP contribution < -0.4 is 11.1 Å². The summed E-state index contributed by atoms with van der Waals surface area (Å²) in [5.74, 6) is 0.651. The highest BCUT2D eigenvalue weighted by atomic mass is 15.0. The average Bonchev–Trinajstić information content (AvgIpc) is 2.47. The quantitative estimate of drug-likeness (QED) is 0.692. The molecule has 0 fully saturated rings. The van der Waals surface area contributed by atoms with E-state index in [-0.39, 0.29) is 0 Å². The molecule has 3 aromatic rings. The van der Waals surface area contributed by atoms with E-state index in [4.69, 9.17) is 11.0 Å². The van der Waals surface area contributed by atoms with Crippen molar-refractivity contribution in [3.63, 3.8) is 0 Å². The van der Waals surface area contributed by atoms with E-state index < -0.39 is 0 Å². The minimum Gasteiger partial charge on any atom is -0.399 e. The fourth-order valence-electron chi connectivity index (χ4n) is 1.99. The SMILES string of the molecule is N#Cc1ccccc1Nc1ncnc2cc(N)ccc12. The Kier molecular flexibility index (Phi) is 2.90. The first-order valence-corrected chi connectivity index (χ1v) is 6.04. The van der Waals surface area contributed by atoms with Crippen LogP contribution in [0.5, 0.6) is 0 Å². The average molecular weight is 261 g/mol. The Bertz CT molecular complexity index is 820. The number of hydrogen-bond donors (Lipinski definition) is 2. The Balaban J connectivity index is 2.10. The molecule has 5 heteroatoms. The molecule has 0 aliphatic rings. The summed E-state index contributed by atoms with van der Waals surface area (Å²) in [7, 11) is 0. The topological polar surface area (TPSA) is 87.6 Å². The fraction of sp³-hybridized carbons (Fsp3) is 0. The Morgan fingerprint density at radius 1 is 1.10 bits per heavy atom. The molecule has 0 saturated carbocycles. The van der Waals surface area contributed by atoms with Gasteiger partial charge in [-0.2, -0.15) is 5.26 Å². The first kappa shape index (κ1) is 11.9. The number of rotatable bonds is 2. The number of benzene rings is 2. The third kappa shape index (κ3) is 2.10. The lowest BCUT2D eigenvalue weighted by atomic mass is 10.1. The maximum atomic E-state index is 9.11. The van der Waals surface area contributed by atoms with E-state index in [0.29, 0.717) is 22.8 Å². The van der Waals surface area contributed by atoms with Crippen molar-refractivity contribution in [2.24, 2.45) is 0 Å². The maximum absolute atomic E-state index is 9.11. The first-order chi connectivity index (χ1) is 9.78. The molecule has 0 saturated heterocycles. The van der Waals surface area contributed by atoms with Crippen LogP contribution in [0.3, 0.4) is 0 Å². The van der Waals surface area contributed by atoms with Crippen molar-refractivity contribution in [1.82, 2.24) is 9.97 Å². The summed E-state index contributed by atoms with van der Waals surface area (Å²) in [6.07, 6.45) is 1.47. The van der Waals surface area contributed by atoms with Gasteiger partial charge in [-0.3, -0.25) is 0 Å². The molecule has 1 aromatic heterocycles. The second-order valence-corrected chi connectivity index (χ2v) is 4.28. The van der Waals surface area contributed by atoms with Crippen LogP contribution in [0.25, 0.3) is 10.9 Å². The number of anilines is 3. The molecule has 0 aliphatic carbocycles. The van der Waals surface area contributed by atoms with E-state index in [1.54, 1.807) is 18.2 Å². The molecule has 3 N–H and O–H groups in total. The molecule has 0 spiro atoms. The highest BCUT2D eigenvalue weighted by molar-refractivity contribution is 5.92. The molecule has 0 radical (unpaired) electrons. The zero-order chi connectivity index (χ0) is 13.9. The highest BCUT2D eigenvalue weighted by Gasteiger charge is 2.06. The van der Waals surface area contributed by atoms with Gasteiger partial charge in [-0.25, -0.2) is 9.97 Å². The van der Waals surface area contributed by atoms with Gasteiger partial charge in [0.15, 0.2) is 0 Å². The lowest BCUT2D eigenvalue weighted by molar-refractivity contribution is 1.22. The predicted molar refractivity (Wildman–Crippen MR) is 78.4 cm³/mol. The standard InChI is InChI=1S/C15H11N5/c16-8-10-3-1-2-4-13(10)20-15-12-6-5-11(17)7-14(12)18-9-19-15/h1-7,9H,17H2,(H,18,19,20). The molecule has 0 bridgehead atoms. The van der Waals surface area contributed by atoms with Crippen molar-refractivity contribution < 1.29 is 0 Å². The predicted octanol–water partition coefficient (Wildman–Crippen LogP) is 2.83. The molecule has 0 aliphatic heterocycles. The van der Waals surface area contributed by atoms with E-state index in [0.717, 1.165) is 10.9 Å². The maximum Gasteiger partial charge on any atom is 0.141 e. The smallest absolute Gasteiger partial charge is 0.141 e. The zero-order valence-corrected chi connectivity index (χ0v) is 10.5. The first-order valence-electron chi connectivity index (χ1n) is 6.04. The monoisotopic (exact) mass is 261 g/mol. The fourth-order valence-corrected chi connectivity index (χ4v) is 1.99. The van der Waals surface area contributed by atoms with Crippen molar-refractivity contribution in [2.75, 3.05) is 11.1 Å². The Labute approximate surface area is 115 Å². The number of nitrogens with zero attached hydrogens (tertiary/aromatic N) is 3. The summed E-state index contributed by atoms with van der Waals surface area (Å²) < 4.78 is 0. The van der Waals surface area contributed by atoms with Gasteiger partial charge in [-0.15, -0.1) is 0 Å². The van der Waals surface area contributed by atoms with Crippen molar-refractivity contribution in [2.45, 2.75) is 0 Å². The van der Waals surface area contributed by atoms with Crippen LogP contribution in [0.4, 0.5) is 17.2 Å². The van der Waals surface area contributed by atoms with Crippen molar-refractivity contribution >= 4 is 28.1 Å². The third-order valence-electron chi connectivity index (χ3n) is 2.96. The van der Waals surface area contributed by atoms with Gasteiger partial charge < -0.3 is 11.1 Å². The van der Waals surface area contributed by atoms with E-state index in [9.17, 15) is 0 Å². The van der Waals surface area contributed by atoms with Crippen LogP contribution in [0.15, 0.2) is 48.8 Å². The lowest BCUT2D eigenvalue weighted by Gasteiger charge is -2.09. The number of hydrogen-bond acceptors (Lipinski definition) is 5. The molecule has 0 unspecified atom stereocenters. The van der Waals surface area contributed by atoms with Gasteiger partial charge >= 0.3 is 0 Å². The minimum atomic E-state index is 0.565. The van der Waals surface area contributed by atoms with Crippen molar-refractivity contribution in [1.29, 1.82) is 5.26 Å². The third-order valence-corrected chi connectivity index (χ3v) is 2.96. The molecule has 0 amide bonds. The number of nitriles is 1. The number of fused-ring (bicyclic) bond motifs is 1. The molecule has 3 rings (SSSR count). The van der Waals surface area contributed by atoms with Crippen molar-refractivity contribution in [3.05, 3.63) is 54.4 Å². The van der Waals surface area contributed by atoms with Gasteiger partial charge in [0.2, 0.25) is 0 Å². The van der Waals surface area contributed by atoms with Crippen LogP contribution >= 0.6 is 0 Å². The van der Waals surface area contributed by atoms with E-state index in [2.05, 4.69) is 21.4 Å². The summed E-state index contributed by atoms with van der Waals surface area (Å²) in [5, 5.41) is 13.1. The van der Waals surface area contributed by atoms with Crippen LogP contribution in [0.2, 0.25) is 0 Å². The number of nitrogens with one attached hydrogen (secondary N) is 1. The number of nitrogen functional groups attached to an aromatic ring is 1. The lowest BCUT2D eigenvalue weighted by Crippen LogP contribution is -1.98. The van der Waals surface area contributed by atoms with Gasteiger partial charge in [0.25, 0.3) is 0 Å². The molecular weight excluding hydrogens is 250 g/mol. The second kappa shape index (κ2) is 4.86. The van der Waals surface area contributed by atoms with Gasteiger partial charge in [-0.05, 0) is 30.3 Å². The highest BCUT2D eigenvalue weighted by Crippen LogP contribution is 2.25. The summed E-state index contributed by atoms with van der Waals surface area (Å²) >= 11 is 0. The summed E-state index contributed by atoms with van der Waals surface area (Å²) in [5.41, 5.74) is 8.44. The number of para-hydroxylation sites is 1. The molecule has 96 valence electrons. The van der Waals surface area contributed by atoms with E-state index in [1.165, 1.54) is 6.33 Å². The number of nitrogens with two attached hydrogens (primary N) is 1. The van der Waals surface area contributed by atoms with E-state index >= 15 is 0 Å². The molecule has 20 heavy (non-hydrogen) atoms. The summed E-state index contributed by atoms with van der Waals surface area (Å²) in [6.45, 7) is 0. The second-order valence-electron chi connectivity index (χ2n) is 4.28. The van der Waals surface area contributed by atoms with Gasteiger partial charge in [0.1, 0.15) is 18.2 Å². The molecule has 5 nitrogen and oxygen atoms in total.